The molecule has 20 heavy (non-hydrogen) atoms. The monoisotopic (exact) mass is 295 g/mol. The van der Waals surface area contributed by atoms with E-state index in [-0.39, 0.29) is 17.6 Å². The molecule has 1 aliphatic rings. The van der Waals surface area contributed by atoms with Crippen LogP contribution < -0.4 is 10.6 Å². The minimum atomic E-state index is -0.531. The molecule has 1 aromatic heterocycles. The largest absolute Gasteiger partial charge is 0.467 e. The Labute approximate surface area is 122 Å². The molecule has 1 aromatic rings. The molecule has 1 fully saturated rings. The lowest BCUT2D eigenvalue weighted by Gasteiger charge is -2.35. The van der Waals surface area contributed by atoms with E-state index in [2.05, 4.69) is 4.98 Å². The van der Waals surface area contributed by atoms with Crippen molar-refractivity contribution in [3.05, 3.63) is 23.4 Å². The minimum Gasteiger partial charge on any atom is -0.467 e. The predicted molar refractivity (Wildman–Crippen MR) is 78.8 cm³/mol. The summed E-state index contributed by atoms with van der Waals surface area (Å²) >= 11 is 5.06. The Morgan fingerprint density at radius 3 is 3.00 bits per heavy atom. The van der Waals surface area contributed by atoms with Crippen LogP contribution in [0.2, 0.25) is 0 Å². The molecule has 0 saturated carbocycles. The van der Waals surface area contributed by atoms with Crippen LogP contribution in [0.5, 0.6) is 0 Å². The van der Waals surface area contributed by atoms with Crippen molar-refractivity contribution in [1.82, 2.24) is 4.98 Å². The molecule has 0 aromatic carbocycles. The molecular formula is C13H17N3O3S. The third kappa shape index (κ3) is 2.88. The van der Waals surface area contributed by atoms with Crippen LogP contribution >= 0.6 is 12.2 Å². The van der Waals surface area contributed by atoms with Gasteiger partial charge in [0.25, 0.3) is 0 Å². The fourth-order valence-electron chi connectivity index (χ4n) is 2.14. The van der Waals surface area contributed by atoms with Crippen LogP contribution in [-0.2, 0) is 14.3 Å². The van der Waals surface area contributed by atoms with E-state index in [1.165, 1.54) is 7.11 Å². The molecule has 2 rings (SSSR count). The fraction of sp³-hybridized carbons (Fsp3) is 0.462. The van der Waals surface area contributed by atoms with Crippen molar-refractivity contribution >= 4 is 29.0 Å². The fourth-order valence-corrected chi connectivity index (χ4v) is 2.30. The first-order valence-electron chi connectivity index (χ1n) is 6.24. The third-order valence-corrected chi connectivity index (χ3v) is 3.37. The maximum absolute atomic E-state index is 11.9. The number of nitrogens with two attached hydrogens (primary N) is 1. The number of pyridine rings is 1. The van der Waals surface area contributed by atoms with Gasteiger partial charge in [-0.1, -0.05) is 12.2 Å². The van der Waals surface area contributed by atoms with E-state index in [9.17, 15) is 4.79 Å². The van der Waals surface area contributed by atoms with Gasteiger partial charge in [0.1, 0.15) is 10.8 Å². The summed E-state index contributed by atoms with van der Waals surface area (Å²) < 4.78 is 10.2. The summed E-state index contributed by atoms with van der Waals surface area (Å²) in [7, 11) is 1.35. The van der Waals surface area contributed by atoms with Crippen molar-refractivity contribution in [2.24, 2.45) is 5.73 Å². The van der Waals surface area contributed by atoms with Gasteiger partial charge in [-0.3, -0.25) is 0 Å². The second-order valence-electron chi connectivity index (χ2n) is 4.50. The van der Waals surface area contributed by atoms with Gasteiger partial charge in [0.15, 0.2) is 6.04 Å². The second-order valence-corrected chi connectivity index (χ2v) is 4.94. The average molecular weight is 295 g/mol. The van der Waals surface area contributed by atoms with E-state index in [1.54, 1.807) is 0 Å². The van der Waals surface area contributed by atoms with Gasteiger partial charge < -0.3 is 20.1 Å². The number of esters is 1. The SMILES string of the molecule is COC(=O)C1COCCN1c1nc(C)ccc1C(N)=S. The Bertz CT molecular complexity index is 536. The molecule has 0 aliphatic carbocycles. The topological polar surface area (TPSA) is 77.7 Å². The highest BCUT2D eigenvalue weighted by Gasteiger charge is 2.32. The number of carbonyl (C=O) groups is 1. The van der Waals surface area contributed by atoms with E-state index in [1.807, 2.05) is 24.0 Å². The highest BCUT2D eigenvalue weighted by atomic mass is 32.1. The van der Waals surface area contributed by atoms with Gasteiger partial charge in [-0.2, -0.15) is 0 Å². The highest BCUT2D eigenvalue weighted by Crippen LogP contribution is 2.23. The molecule has 1 saturated heterocycles. The van der Waals surface area contributed by atoms with Crippen LogP contribution in [0.1, 0.15) is 11.3 Å². The molecule has 1 aliphatic heterocycles. The van der Waals surface area contributed by atoms with Crippen molar-refractivity contribution in [2.45, 2.75) is 13.0 Å². The van der Waals surface area contributed by atoms with E-state index < -0.39 is 6.04 Å². The van der Waals surface area contributed by atoms with Crippen LogP contribution in [0.3, 0.4) is 0 Å². The number of ether oxygens (including phenoxy) is 2. The number of anilines is 1. The zero-order valence-electron chi connectivity index (χ0n) is 11.5. The smallest absolute Gasteiger partial charge is 0.330 e. The maximum atomic E-state index is 11.9. The average Bonchev–Trinajstić information content (AvgIpc) is 2.46. The van der Waals surface area contributed by atoms with Gasteiger partial charge >= 0.3 is 5.97 Å². The Balaban J connectivity index is 2.44. The van der Waals surface area contributed by atoms with E-state index in [0.29, 0.717) is 24.5 Å². The molecule has 108 valence electrons. The lowest BCUT2D eigenvalue weighted by molar-refractivity contribution is -0.144. The number of morpholine rings is 1. The molecule has 7 heteroatoms. The van der Waals surface area contributed by atoms with Gasteiger partial charge in [-0.05, 0) is 19.1 Å². The Hall–Kier alpha value is -1.73. The number of aryl methyl sites for hydroxylation is 1. The summed E-state index contributed by atoms with van der Waals surface area (Å²) in [5, 5.41) is 0. The Morgan fingerprint density at radius 1 is 1.60 bits per heavy atom. The van der Waals surface area contributed by atoms with Crippen molar-refractivity contribution in [2.75, 3.05) is 31.8 Å². The second kappa shape index (κ2) is 6.15. The van der Waals surface area contributed by atoms with Gasteiger partial charge in [-0.25, -0.2) is 9.78 Å². The number of nitrogens with zero attached hydrogens (tertiary/aromatic N) is 2. The normalized spacial score (nSPS) is 18.7. The molecule has 0 amide bonds. The molecule has 0 spiro atoms. The Kier molecular flexibility index (Phi) is 4.51. The standard InChI is InChI=1S/C13H17N3O3S/c1-8-3-4-9(11(14)20)12(15-8)16-5-6-19-7-10(16)13(17)18-2/h3-4,10H,5-7H2,1-2H3,(H2,14,20). The van der Waals surface area contributed by atoms with Gasteiger partial charge in [-0.15, -0.1) is 0 Å². The number of aromatic nitrogens is 1. The van der Waals surface area contributed by atoms with Crippen molar-refractivity contribution in [3.63, 3.8) is 0 Å². The highest BCUT2D eigenvalue weighted by molar-refractivity contribution is 7.80. The van der Waals surface area contributed by atoms with Crippen LogP contribution in [0.15, 0.2) is 12.1 Å². The van der Waals surface area contributed by atoms with Crippen molar-refractivity contribution in [3.8, 4) is 0 Å². The maximum Gasteiger partial charge on any atom is 0.330 e. The van der Waals surface area contributed by atoms with E-state index >= 15 is 0 Å². The lowest BCUT2D eigenvalue weighted by atomic mass is 10.1. The number of hydrogen-bond acceptors (Lipinski definition) is 6. The summed E-state index contributed by atoms with van der Waals surface area (Å²) in [6.45, 7) is 3.19. The Morgan fingerprint density at radius 2 is 2.35 bits per heavy atom. The van der Waals surface area contributed by atoms with Crippen molar-refractivity contribution in [1.29, 1.82) is 0 Å². The molecule has 1 atom stereocenters. The quantitative estimate of drug-likeness (QED) is 0.639. The first-order chi connectivity index (χ1) is 9.54. The number of rotatable bonds is 3. The van der Waals surface area contributed by atoms with E-state index in [4.69, 9.17) is 27.4 Å². The van der Waals surface area contributed by atoms with Crippen LogP contribution in [0.25, 0.3) is 0 Å². The zero-order chi connectivity index (χ0) is 14.7. The molecule has 1 unspecified atom stereocenters. The number of thiocarbonyl (C=S) groups is 1. The summed E-state index contributed by atoms with van der Waals surface area (Å²) in [6.07, 6.45) is 0. The summed E-state index contributed by atoms with van der Waals surface area (Å²) in [5.41, 5.74) is 7.23. The summed E-state index contributed by atoms with van der Waals surface area (Å²) in [4.78, 5) is 18.5. The number of hydrogen-bond donors (Lipinski definition) is 1. The number of carbonyl (C=O) groups excluding carboxylic acids is 1. The first-order valence-corrected chi connectivity index (χ1v) is 6.65. The summed E-state index contributed by atoms with van der Waals surface area (Å²) in [5.74, 6) is 0.248. The summed E-state index contributed by atoms with van der Waals surface area (Å²) in [6, 6.07) is 3.13. The van der Waals surface area contributed by atoms with Gasteiger partial charge in [0, 0.05) is 12.2 Å². The third-order valence-electron chi connectivity index (χ3n) is 3.15. The first kappa shape index (κ1) is 14.7. The number of methoxy groups -OCH3 is 1. The zero-order valence-corrected chi connectivity index (χ0v) is 12.3. The van der Waals surface area contributed by atoms with Crippen molar-refractivity contribution < 1.29 is 14.3 Å². The van der Waals surface area contributed by atoms with Crippen LogP contribution in [-0.4, -0.2) is 48.9 Å². The molecular weight excluding hydrogens is 278 g/mol. The van der Waals surface area contributed by atoms with Crippen LogP contribution in [0.4, 0.5) is 5.82 Å². The van der Waals surface area contributed by atoms with Gasteiger partial charge in [0.05, 0.1) is 25.9 Å². The predicted octanol–water partition coefficient (Wildman–Crippen LogP) is 0.402. The minimum absolute atomic E-state index is 0.252. The molecule has 0 radical (unpaired) electrons. The molecule has 0 bridgehead atoms. The lowest BCUT2D eigenvalue weighted by Crippen LogP contribution is -2.51. The molecule has 6 nitrogen and oxygen atoms in total. The van der Waals surface area contributed by atoms with Crippen LogP contribution in [0, 0.1) is 6.92 Å². The van der Waals surface area contributed by atoms with E-state index in [0.717, 1.165) is 5.69 Å². The molecule has 2 N–H and O–H groups in total. The van der Waals surface area contributed by atoms with Gasteiger partial charge in [0.2, 0.25) is 0 Å². The molecule has 2 heterocycles.